The largest absolute Gasteiger partial charge is 0.508 e. The summed E-state index contributed by atoms with van der Waals surface area (Å²) in [5.41, 5.74) is 4.02. The van der Waals surface area contributed by atoms with Gasteiger partial charge in [-0.25, -0.2) is 0 Å². The van der Waals surface area contributed by atoms with Gasteiger partial charge in [0.1, 0.15) is 11.5 Å². The Labute approximate surface area is 235 Å². The molecule has 38 heavy (non-hydrogen) atoms. The standard InChI is InChI=1S/C36H58O2/c1-4-5-6-7-8-9-10-11-12-13-14-15-16-17-18-19-20-21-22-25-33(32-27-28-35(37)31(3)29-32)34-26-23-24-30(2)36(34)38/h23-24,26-29,33,37-38H,4-22,25H2,1-3H3. The lowest BCUT2D eigenvalue weighted by Crippen LogP contribution is -2.03. The van der Waals surface area contributed by atoms with Crippen LogP contribution >= 0.6 is 0 Å². The second kappa shape index (κ2) is 20.0. The van der Waals surface area contributed by atoms with Gasteiger partial charge in [-0.2, -0.15) is 0 Å². The maximum absolute atomic E-state index is 10.8. The molecule has 2 aromatic rings. The maximum Gasteiger partial charge on any atom is 0.122 e. The lowest BCUT2D eigenvalue weighted by Gasteiger charge is -2.21. The second-order valence-corrected chi connectivity index (χ2v) is 11.8. The smallest absolute Gasteiger partial charge is 0.122 e. The van der Waals surface area contributed by atoms with E-state index in [2.05, 4.69) is 19.1 Å². The van der Waals surface area contributed by atoms with Crippen molar-refractivity contribution in [3.63, 3.8) is 0 Å². The predicted molar refractivity (Wildman–Crippen MR) is 166 cm³/mol. The first kappa shape index (κ1) is 32.3. The van der Waals surface area contributed by atoms with Crippen molar-refractivity contribution in [2.24, 2.45) is 0 Å². The summed E-state index contributed by atoms with van der Waals surface area (Å²) in [6.07, 6.45) is 27.5. The highest BCUT2D eigenvalue weighted by molar-refractivity contribution is 5.47. The molecule has 1 atom stereocenters. The molecule has 214 valence electrons. The van der Waals surface area contributed by atoms with Gasteiger partial charge in [0.2, 0.25) is 0 Å². The van der Waals surface area contributed by atoms with Gasteiger partial charge in [-0.05, 0) is 43.0 Å². The zero-order valence-electron chi connectivity index (χ0n) is 25.1. The molecule has 2 nitrogen and oxygen atoms in total. The van der Waals surface area contributed by atoms with Gasteiger partial charge in [-0.3, -0.25) is 0 Å². The number of benzene rings is 2. The van der Waals surface area contributed by atoms with Gasteiger partial charge in [0.05, 0.1) is 0 Å². The van der Waals surface area contributed by atoms with Crippen LogP contribution in [0.5, 0.6) is 11.5 Å². The number of para-hydroxylation sites is 1. The van der Waals surface area contributed by atoms with Crippen molar-refractivity contribution in [2.45, 2.75) is 155 Å². The Hall–Kier alpha value is -1.96. The average molecular weight is 523 g/mol. The minimum absolute atomic E-state index is 0.167. The van der Waals surface area contributed by atoms with Crippen molar-refractivity contribution in [2.75, 3.05) is 0 Å². The van der Waals surface area contributed by atoms with E-state index in [0.29, 0.717) is 11.5 Å². The summed E-state index contributed by atoms with van der Waals surface area (Å²) in [6, 6.07) is 12.0. The van der Waals surface area contributed by atoms with Crippen molar-refractivity contribution >= 4 is 0 Å². The summed E-state index contributed by atoms with van der Waals surface area (Å²) in [7, 11) is 0. The van der Waals surface area contributed by atoms with Gasteiger partial charge in [0, 0.05) is 11.5 Å². The molecule has 2 heteroatoms. The van der Waals surface area contributed by atoms with Gasteiger partial charge < -0.3 is 10.2 Å². The zero-order valence-corrected chi connectivity index (χ0v) is 25.1. The number of unbranched alkanes of at least 4 members (excludes halogenated alkanes) is 18. The number of phenols is 2. The Morgan fingerprint density at radius 2 is 1.03 bits per heavy atom. The van der Waals surface area contributed by atoms with E-state index in [1.165, 1.54) is 121 Å². The van der Waals surface area contributed by atoms with Crippen LogP contribution in [0.1, 0.15) is 164 Å². The normalized spacial score (nSPS) is 12.2. The van der Waals surface area contributed by atoms with E-state index >= 15 is 0 Å². The fourth-order valence-corrected chi connectivity index (χ4v) is 5.79. The van der Waals surface area contributed by atoms with E-state index in [0.717, 1.165) is 29.5 Å². The first-order valence-electron chi connectivity index (χ1n) is 16.1. The van der Waals surface area contributed by atoms with Crippen molar-refractivity contribution in [3.8, 4) is 11.5 Å². The fraction of sp³-hybridized carbons (Fsp3) is 0.667. The summed E-state index contributed by atoms with van der Waals surface area (Å²) in [6.45, 7) is 6.21. The first-order chi connectivity index (χ1) is 18.5. The molecule has 0 radical (unpaired) electrons. The SMILES string of the molecule is CCCCCCCCCCCCCCCCCCCCCC(c1ccc(O)c(C)c1)c1cccc(C)c1O. The Kier molecular flexibility index (Phi) is 17.0. The molecule has 0 bridgehead atoms. The van der Waals surface area contributed by atoms with Gasteiger partial charge >= 0.3 is 0 Å². The monoisotopic (exact) mass is 522 g/mol. The van der Waals surface area contributed by atoms with Crippen LogP contribution in [0.4, 0.5) is 0 Å². The second-order valence-electron chi connectivity index (χ2n) is 11.8. The lowest BCUT2D eigenvalue weighted by molar-refractivity contribution is 0.455. The third kappa shape index (κ3) is 12.7. The Morgan fingerprint density at radius 1 is 0.553 bits per heavy atom. The van der Waals surface area contributed by atoms with Crippen LogP contribution in [-0.4, -0.2) is 10.2 Å². The molecule has 0 saturated heterocycles. The highest BCUT2D eigenvalue weighted by Gasteiger charge is 2.19. The summed E-state index contributed by atoms with van der Waals surface area (Å²) in [5, 5.41) is 20.8. The summed E-state index contributed by atoms with van der Waals surface area (Å²) < 4.78 is 0. The predicted octanol–water partition coefficient (Wildman–Crippen LogP) is 11.7. The van der Waals surface area contributed by atoms with E-state index in [4.69, 9.17) is 0 Å². The van der Waals surface area contributed by atoms with E-state index in [1.54, 1.807) is 6.07 Å². The molecule has 0 aliphatic rings. The van der Waals surface area contributed by atoms with Crippen LogP contribution in [0.25, 0.3) is 0 Å². The quantitative estimate of drug-likeness (QED) is 0.151. The molecule has 0 aliphatic carbocycles. The van der Waals surface area contributed by atoms with Crippen LogP contribution in [0.15, 0.2) is 36.4 Å². The van der Waals surface area contributed by atoms with Gasteiger partial charge in [0.15, 0.2) is 0 Å². The van der Waals surface area contributed by atoms with Crippen LogP contribution in [0.3, 0.4) is 0 Å². The number of hydrogen-bond donors (Lipinski definition) is 2. The molecule has 0 fully saturated rings. The third-order valence-corrected chi connectivity index (χ3v) is 8.36. The maximum atomic E-state index is 10.8. The molecule has 0 saturated carbocycles. The number of phenolic OH excluding ortho intramolecular Hbond substituents is 2. The first-order valence-corrected chi connectivity index (χ1v) is 16.1. The van der Waals surface area contributed by atoms with Gasteiger partial charge in [-0.1, -0.05) is 159 Å². The van der Waals surface area contributed by atoms with Crippen molar-refractivity contribution in [1.82, 2.24) is 0 Å². The number of aryl methyl sites for hydroxylation is 2. The molecule has 0 amide bonds. The molecule has 1 unspecified atom stereocenters. The minimum atomic E-state index is 0.167. The summed E-state index contributed by atoms with van der Waals surface area (Å²) in [5.74, 6) is 0.922. The average Bonchev–Trinajstić information content (AvgIpc) is 2.91. The van der Waals surface area contributed by atoms with Crippen LogP contribution in [-0.2, 0) is 0 Å². The summed E-state index contributed by atoms with van der Waals surface area (Å²) >= 11 is 0. The molecule has 0 spiro atoms. The van der Waals surface area contributed by atoms with Crippen molar-refractivity contribution < 1.29 is 10.2 Å². The molecule has 2 rings (SSSR count). The third-order valence-electron chi connectivity index (χ3n) is 8.36. The van der Waals surface area contributed by atoms with Crippen LogP contribution < -0.4 is 0 Å². The molecular formula is C36H58O2. The lowest BCUT2D eigenvalue weighted by atomic mass is 9.84. The van der Waals surface area contributed by atoms with Crippen LogP contribution in [0.2, 0.25) is 0 Å². The van der Waals surface area contributed by atoms with Crippen molar-refractivity contribution in [3.05, 3.63) is 58.7 Å². The van der Waals surface area contributed by atoms with Gasteiger partial charge in [-0.15, -0.1) is 0 Å². The molecule has 0 aliphatic heterocycles. The number of aromatic hydroxyl groups is 2. The highest BCUT2D eigenvalue weighted by Crippen LogP contribution is 2.38. The Bertz CT molecular complexity index is 872. The molecular weight excluding hydrogens is 464 g/mol. The van der Waals surface area contributed by atoms with Gasteiger partial charge in [0.25, 0.3) is 0 Å². The van der Waals surface area contributed by atoms with E-state index in [1.807, 2.05) is 32.0 Å². The van der Waals surface area contributed by atoms with Crippen molar-refractivity contribution in [1.29, 1.82) is 0 Å². The fourth-order valence-electron chi connectivity index (χ4n) is 5.79. The summed E-state index contributed by atoms with van der Waals surface area (Å²) in [4.78, 5) is 0. The Balaban J connectivity index is 1.54. The molecule has 2 aromatic carbocycles. The molecule has 2 N–H and O–H groups in total. The van der Waals surface area contributed by atoms with E-state index in [9.17, 15) is 10.2 Å². The highest BCUT2D eigenvalue weighted by atomic mass is 16.3. The molecule has 0 aromatic heterocycles. The molecule has 0 heterocycles. The van der Waals surface area contributed by atoms with Crippen LogP contribution in [0, 0.1) is 13.8 Å². The minimum Gasteiger partial charge on any atom is -0.508 e. The van der Waals surface area contributed by atoms with E-state index < -0.39 is 0 Å². The van der Waals surface area contributed by atoms with E-state index in [-0.39, 0.29) is 5.92 Å². The number of rotatable bonds is 22. The topological polar surface area (TPSA) is 40.5 Å². The number of hydrogen-bond acceptors (Lipinski definition) is 2. The zero-order chi connectivity index (χ0) is 27.4. The Morgan fingerprint density at radius 3 is 1.50 bits per heavy atom.